The molecule has 1 aromatic heterocycles. The van der Waals surface area contributed by atoms with Crippen LogP contribution in [0.5, 0.6) is 5.75 Å². The first-order chi connectivity index (χ1) is 15.7. The van der Waals surface area contributed by atoms with E-state index in [2.05, 4.69) is 5.32 Å². The normalized spacial score (nSPS) is 17.3. The van der Waals surface area contributed by atoms with Crippen LogP contribution in [0.15, 0.2) is 34.7 Å². The second-order valence-electron chi connectivity index (χ2n) is 7.80. The average molecular weight is 477 g/mol. The Balaban J connectivity index is 1.79. The van der Waals surface area contributed by atoms with Crippen molar-refractivity contribution in [3.05, 3.63) is 52.4 Å². The lowest BCUT2D eigenvalue weighted by Gasteiger charge is -2.23. The maximum atomic E-state index is 13.3. The summed E-state index contributed by atoms with van der Waals surface area (Å²) in [6.07, 6.45) is 0.606. The second-order valence-corrected chi connectivity index (χ2v) is 8.23. The van der Waals surface area contributed by atoms with Crippen LogP contribution in [0.4, 0.5) is 0 Å². The summed E-state index contributed by atoms with van der Waals surface area (Å²) in [5.41, 5.74) is 0.690. The third-order valence-electron chi connectivity index (χ3n) is 5.63. The van der Waals surface area contributed by atoms with Crippen LogP contribution in [-0.2, 0) is 20.8 Å². The topological polar surface area (TPSA) is 126 Å². The molecule has 3 amide bonds. The van der Waals surface area contributed by atoms with Crippen LogP contribution in [0.1, 0.15) is 47.6 Å². The number of carbonyl (C=O) groups is 4. The van der Waals surface area contributed by atoms with Gasteiger partial charge in [-0.3, -0.25) is 19.3 Å². The maximum Gasteiger partial charge on any atom is 0.371 e. The molecule has 0 unspecified atom stereocenters. The van der Waals surface area contributed by atoms with Gasteiger partial charge in [0.15, 0.2) is 0 Å². The summed E-state index contributed by atoms with van der Waals surface area (Å²) in [5, 5.41) is 12.2. The van der Waals surface area contributed by atoms with Gasteiger partial charge in [0.1, 0.15) is 18.1 Å². The standard InChI is InChI=1S/C23H25ClN2O7/c1-3-13(18-6-7-19(33-18)23(30)31)10-21(28)26-12-20(27)25-11-15(22(26)29)8-14-9-16(24)4-5-17(14)32-2/h4-7,9,13,15H,3,8,10-12H2,1-2H3,(H,25,27)(H,30,31)/t13-,15+/m0/s1. The van der Waals surface area contributed by atoms with E-state index in [1.807, 2.05) is 6.92 Å². The van der Waals surface area contributed by atoms with Crippen molar-refractivity contribution in [1.29, 1.82) is 0 Å². The van der Waals surface area contributed by atoms with Crippen molar-refractivity contribution in [2.45, 2.75) is 32.1 Å². The highest BCUT2D eigenvalue weighted by atomic mass is 35.5. The van der Waals surface area contributed by atoms with E-state index in [0.29, 0.717) is 28.5 Å². The third-order valence-corrected chi connectivity index (χ3v) is 5.86. The van der Waals surface area contributed by atoms with Crippen LogP contribution >= 0.6 is 11.6 Å². The van der Waals surface area contributed by atoms with E-state index >= 15 is 0 Å². The molecule has 0 aliphatic carbocycles. The zero-order valence-electron chi connectivity index (χ0n) is 18.3. The average Bonchev–Trinajstić information content (AvgIpc) is 3.23. The van der Waals surface area contributed by atoms with Crippen LogP contribution in [0, 0.1) is 5.92 Å². The number of hydrogen-bond acceptors (Lipinski definition) is 6. The highest BCUT2D eigenvalue weighted by molar-refractivity contribution is 6.30. The minimum atomic E-state index is -1.21. The summed E-state index contributed by atoms with van der Waals surface area (Å²) in [4.78, 5) is 50.6. The van der Waals surface area contributed by atoms with Gasteiger partial charge in [0.05, 0.1) is 13.0 Å². The lowest BCUT2D eigenvalue weighted by molar-refractivity contribution is -0.148. The fourth-order valence-electron chi connectivity index (χ4n) is 3.82. The Hall–Kier alpha value is -3.33. The summed E-state index contributed by atoms with van der Waals surface area (Å²) in [6, 6.07) is 7.89. The number of nitrogens with one attached hydrogen (secondary N) is 1. The van der Waals surface area contributed by atoms with Crippen LogP contribution in [0.3, 0.4) is 0 Å². The molecule has 1 aliphatic heterocycles. The SMILES string of the molecule is CC[C@@H](CC(=O)N1CC(=O)NC[C@@H](Cc2cc(Cl)ccc2OC)C1=O)c1ccc(C(=O)O)o1. The quantitative estimate of drug-likeness (QED) is 0.599. The molecule has 1 fully saturated rings. The minimum Gasteiger partial charge on any atom is -0.496 e. The van der Waals surface area contributed by atoms with Crippen LogP contribution in [-0.4, -0.2) is 53.9 Å². The molecule has 33 heavy (non-hydrogen) atoms. The first-order valence-corrected chi connectivity index (χ1v) is 10.9. The molecular formula is C23H25ClN2O7. The number of furan rings is 1. The van der Waals surface area contributed by atoms with Gasteiger partial charge in [-0.1, -0.05) is 18.5 Å². The molecular weight excluding hydrogens is 452 g/mol. The second kappa shape index (κ2) is 10.5. The van der Waals surface area contributed by atoms with E-state index in [4.69, 9.17) is 25.9 Å². The van der Waals surface area contributed by atoms with Crippen LogP contribution in [0.2, 0.25) is 5.02 Å². The monoisotopic (exact) mass is 476 g/mol. The molecule has 9 nitrogen and oxygen atoms in total. The number of halogens is 1. The fraction of sp³-hybridized carbons (Fsp3) is 0.391. The van der Waals surface area contributed by atoms with Crippen molar-refractivity contribution in [2.24, 2.45) is 5.92 Å². The number of carboxylic acid groups (broad SMARTS) is 1. The smallest absolute Gasteiger partial charge is 0.371 e. The van der Waals surface area contributed by atoms with E-state index in [0.717, 1.165) is 4.90 Å². The Morgan fingerprint density at radius 1 is 1.30 bits per heavy atom. The number of aromatic carboxylic acids is 1. The van der Waals surface area contributed by atoms with Crippen molar-refractivity contribution in [3.8, 4) is 5.75 Å². The lowest BCUT2D eigenvalue weighted by Crippen LogP contribution is -2.43. The first-order valence-electron chi connectivity index (χ1n) is 10.5. The summed E-state index contributed by atoms with van der Waals surface area (Å²) in [6.45, 7) is 1.52. The van der Waals surface area contributed by atoms with Gasteiger partial charge in [-0.15, -0.1) is 0 Å². The van der Waals surface area contributed by atoms with Crippen molar-refractivity contribution < 1.29 is 33.4 Å². The Morgan fingerprint density at radius 2 is 2.06 bits per heavy atom. The largest absolute Gasteiger partial charge is 0.496 e. The van der Waals surface area contributed by atoms with Gasteiger partial charge in [-0.05, 0) is 48.7 Å². The van der Waals surface area contributed by atoms with Crippen molar-refractivity contribution in [1.82, 2.24) is 10.2 Å². The zero-order chi connectivity index (χ0) is 24.1. The third kappa shape index (κ3) is 5.73. The number of hydrogen-bond donors (Lipinski definition) is 2. The van der Waals surface area contributed by atoms with Crippen molar-refractivity contribution in [2.75, 3.05) is 20.2 Å². The van der Waals surface area contributed by atoms with Crippen molar-refractivity contribution >= 4 is 35.3 Å². The molecule has 2 atom stereocenters. The lowest BCUT2D eigenvalue weighted by atomic mass is 9.96. The maximum absolute atomic E-state index is 13.3. The van der Waals surface area contributed by atoms with Gasteiger partial charge >= 0.3 is 5.97 Å². The Labute approximate surface area is 195 Å². The molecule has 0 spiro atoms. The van der Waals surface area contributed by atoms with Gasteiger partial charge in [0.25, 0.3) is 0 Å². The molecule has 3 rings (SSSR count). The summed E-state index contributed by atoms with van der Waals surface area (Å²) < 4.78 is 10.7. The van der Waals surface area contributed by atoms with Crippen LogP contribution < -0.4 is 10.1 Å². The number of carboxylic acids is 1. The number of imide groups is 1. The van der Waals surface area contributed by atoms with Gasteiger partial charge in [0, 0.05) is 23.9 Å². The molecule has 2 N–H and O–H groups in total. The molecule has 10 heteroatoms. The Morgan fingerprint density at radius 3 is 2.70 bits per heavy atom. The molecule has 2 heterocycles. The predicted octanol–water partition coefficient (Wildman–Crippen LogP) is 2.87. The number of nitrogens with zero attached hydrogens (tertiary/aromatic N) is 1. The fourth-order valence-corrected chi connectivity index (χ4v) is 4.01. The predicted molar refractivity (Wildman–Crippen MR) is 118 cm³/mol. The number of benzene rings is 1. The highest BCUT2D eigenvalue weighted by Gasteiger charge is 2.35. The zero-order valence-corrected chi connectivity index (χ0v) is 19.1. The van der Waals surface area contributed by atoms with E-state index in [1.165, 1.54) is 19.2 Å². The highest BCUT2D eigenvalue weighted by Crippen LogP contribution is 2.29. The molecule has 0 saturated carbocycles. The van der Waals surface area contributed by atoms with E-state index in [-0.39, 0.29) is 31.7 Å². The van der Waals surface area contributed by atoms with Gasteiger partial charge < -0.3 is 19.6 Å². The number of amides is 3. The molecule has 1 aromatic carbocycles. The molecule has 0 radical (unpaired) electrons. The Kier molecular flexibility index (Phi) is 7.75. The minimum absolute atomic E-state index is 0.0779. The number of methoxy groups -OCH3 is 1. The molecule has 1 saturated heterocycles. The van der Waals surface area contributed by atoms with Gasteiger partial charge in [0.2, 0.25) is 23.5 Å². The van der Waals surface area contributed by atoms with Gasteiger partial charge in [-0.2, -0.15) is 0 Å². The molecule has 176 valence electrons. The van der Waals surface area contributed by atoms with Gasteiger partial charge in [-0.25, -0.2) is 4.79 Å². The Bertz CT molecular complexity index is 1060. The van der Waals surface area contributed by atoms with E-state index in [9.17, 15) is 19.2 Å². The number of carbonyl (C=O) groups excluding carboxylic acids is 3. The molecule has 2 aromatic rings. The molecule has 0 bridgehead atoms. The summed E-state index contributed by atoms with van der Waals surface area (Å²) in [7, 11) is 1.51. The molecule has 1 aliphatic rings. The first kappa shape index (κ1) is 24.3. The number of rotatable bonds is 8. The summed E-state index contributed by atoms with van der Waals surface area (Å²) in [5.74, 6) is -3.09. The van der Waals surface area contributed by atoms with Crippen LogP contribution in [0.25, 0.3) is 0 Å². The van der Waals surface area contributed by atoms with E-state index < -0.39 is 35.5 Å². The van der Waals surface area contributed by atoms with E-state index in [1.54, 1.807) is 18.2 Å². The van der Waals surface area contributed by atoms with Crippen molar-refractivity contribution in [3.63, 3.8) is 0 Å². The number of ether oxygens (including phenoxy) is 1. The summed E-state index contributed by atoms with van der Waals surface area (Å²) >= 11 is 6.09.